The van der Waals surface area contributed by atoms with Gasteiger partial charge < -0.3 is 14.7 Å². The van der Waals surface area contributed by atoms with Crippen LogP contribution in [0.25, 0.3) is 0 Å². The van der Waals surface area contributed by atoms with Crippen molar-refractivity contribution in [3.63, 3.8) is 0 Å². The van der Waals surface area contributed by atoms with Crippen molar-refractivity contribution in [2.75, 3.05) is 14.7 Å². The molecule has 5 aliphatic carbocycles. The summed E-state index contributed by atoms with van der Waals surface area (Å²) in [7, 11) is 0. The third-order valence-electron chi connectivity index (χ3n) is 24.2. The summed E-state index contributed by atoms with van der Waals surface area (Å²) in [5, 5.41) is 0. The lowest BCUT2D eigenvalue weighted by Crippen LogP contribution is -2.62. The van der Waals surface area contributed by atoms with Crippen LogP contribution in [0.4, 0.5) is 45.5 Å². The average Bonchev–Trinajstić information content (AvgIpc) is 3.22. The molecule has 6 aromatic rings. The summed E-state index contributed by atoms with van der Waals surface area (Å²) in [6.07, 6.45) is 13.1. The van der Waals surface area contributed by atoms with Crippen LogP contribution in [0.3, 0.4) is 0 Å². The largest absolute Gasteiger partial charge is 0.334 e. The number of anilines is 8. The first-order valence-electron chi connectivity index (χ1n) is 31.2. The lowest BCUT2D eigenvalue weighted by atomic mass is 9.32. The molecule has 410 valence electrons. The fourth-order valence-corrected chi connectivity index (χ4v) is 18.2. The van der Waals surface area contributed by atoms with Crippen LogP contribution in [0.15, 0.2) is 97.1 Å². The van der Waals surface area contributed by atoms with Gasteiger partial charge in [0.05, 0.1) is 5.54 Å². The lowest BCUT2D eigenvalue weighted by molar-refractivity contribution is 0.330. The van der Waals surface area contributed by atoms with E-state index in [0.29, 0.717) is 0 Å². The van der Waals surface area contributed by atoms with Gasteiger partial charge in [0.1, 0.15) is 0 Å². The highest BCUT2D eigenvalue weighted by Gasteiger charge is 2.60. The van der Waals surface area contributed by atoms with Crippen molar-refractivity contribution in [2.24, 2.45) is 0 Å². The van der Waals surface area contributed by atoms with Gasteiger partial charge >= 0.3 is 0 Å². The van der Waals surface area contributed by atoms with Crippen LogP contribution in [-0.2, 0) is 48.7 Å². The highest BCUT2D eigenvalue weighted by atomic mass is 15.3. The summed E-state index contributed by atoms with van der Waals surface area (Å²) in [5.41, 5.74) is 29.2. The van der Waals surface area contributed by atoms with E-state index in [2.05, 4.69) is 236 Å². The molecule has 0 spiro atoms. The second-order valence-electron chi connectivity index (χ2n) is 32.8. The summed E-state index contributed by atoms with van der Waals surface area (Å²) in [4.78, 5) is 8.49. The molecule has 1 saturated carbocycles. The molecule has 14 rings (SSSR count). The zero-order valence-electron chi connectivity index (χ0n) is 51.9. The SMILES string of the molecule is CC1(C)CCC(C)(C)c2cc(N3c4cc5c(cc4B4c6cc7c(cc6N(c6ccc8c(c6)C(C)(C)CCC8(C)C)c6cc(N8c9ccccc9C9(C)CCCC89C)cc3c64)C(C)(C)CCC7(C)C)C(C)(C)CCC5(C)C)ccc21. The van der Waals surface area contributed by atoms with E-state index in [1.54, 1.807) is 11.1 Å². The van der Waals surface area contributed by atoms with Crippen LogP contribution in [0, 0.1) is 0 Å². The minimum atomic E-state index is -0.0991. The van der Waals surface area contributed by atoms with Crippen molar-refractivity contribution in [1.82, 2.24) is 0 Å². The van der Waals surface area contributed by atoms with Gasteiger partial charge in [-0.1, -0.05) is 167 Å². The minimum Gasteiger partial charge on any atom is -0.334 e. The lowest BCUT2D eigenvalue weighted by Gasteiger charge is -2.50. The number of hydrogen-bond donors (Lipinski definition) is 0. The van der Waals surface area contributed by atoms with E-state index in [0.717, 1.165) is 6.42 Å². The molecular weight excluding hydrogens is 954 g/mol. The van der Waals surface area contributed by atoms with Gasteiger partial charge in [-0.2, -0.15) is 0 Å². The van der Waals surface area contributed by atoms with Crippen molar-refractivity contribution in [3.05, 3.63) is 147 Å². The topological polar surface area (TPSA) is 9.72 Å². The number of rotatable bonds is 3. The summed E-state index contributed by atoms with van der Waals surface area (Å²) < 4.78 is 0. The summed E-state index contributed by atoms with van der Waals surface area (Å²) in [5.74, 6) is 0. The zero-order chi connectivity index (χ0) is 55.9. The Morgan fingerprint density at radius 2 is 0.671 bits per heavy atom. The normalized spacial score (nSPS) is 26.6. The van der Waals surface area contributed by atoms with Gasteiger partial charge in [0.2, 0.25) is 0 Å². The van der Waals surface area contributed by atoms with Gasteiger partial charge in [0.25, 0.3) is 6.71 Å². The van der Waals surface area contributed by atoms with Gasteiger partial charge in [-0.3, -0.25) is 0 Å². The quantitative estimate of drug-likeness (QED) is 0.163. The third-order valence-corrected chi connectivity index (χ3v) is 24.2. The first-order chi connectivity index (χ1) is 36.8. The molecule has 1 fully saturated rings. The zero-order valence-corrected chi connectivity index (χ0v) is 51.9. The predicted octanol–water partition coefficient (Wildman–Crippen LogP) is 18.5. The van der Waals surface area contributed by atoms with Gasteiger partial charge in [0.15, 0.2) is 0 Å². The van der Waals surface area contributed by atoms with Crippen molar-refractivity contribution in [2.45, 2.75) is 250 Å². The molecule has 3 nitrogen and oxygen atoms in total. The molecule has 0 aromatic heterocycles. The molecule has 2 atom stereocenters. The number of benzene rings is 6. The molecule has 0 saturated heterocycles. The van der Waals surface area contributed by atoms with E-state index in [9.17, 15) is 0 Å². The van der Waals surface area contributed by atoms with Crippen molar-refractivity contribution >= 4 is 68.6 Å². The Balaban J connectivity index is 1.16. The van der Waals surface area contributed by atoms with E-state index in [4.69, 9.17) is 0 Å². The summed E-state index contributed by atoms with van der Waals surface area (Å²) in [6, 6.07) is 41.4. The number of para-hydroxylation sites is 1. The van der Waals surface area contributed by atoms with Crippen LogP contribution in [0.5, 0.6) is 0 Å². The molecule has 3 heterocycles. The predicted molar refractivity (Wildman–Crippen MR) is 340 cm³/mol. The Morgan fingerprint density at radius 1 is 0.304 bits per heavy atom. The van der Waals surface area contributed by atoms with Crippen molar-refractivity contribution in [1.29, 1.82) is 0 Å². The van der Waals surface area contributed by atoms with Crippen molar-refractivity contribution in [3.8, 4) is 0 Å². The Morgan fingerprint density at radius 3 is 1.09 bits per heavy atom. The fraction of sp³-hybridized carbons (Fsp3) is 0.520. The maximum atomic E-state index is 2.86. The monoisotopic (exact) mass is 1050 g/mol. The first-order valence-corrected chi connectivity index (χ1v) is 31.2. The van der Waals surface area contributed by atoms with Gasteiger partial charge in [-0.05, 0) is 236 Å². The van der Waals surface area contributed by atoms with Crippen LogP contribution < -0.4 is 31.1 Å². The number of nitrogens with zero attached hydrogens (tertiary/aromatic N) is 3. The molecule has 6 aromatic carbocycles. The van der Waals surface area contributed by atoms with E-state index in [1.165, 1.54) is 165 Å². The standard InChI is InChI=1S/C75H92BN3/c1-66(2)30-32-68(5,6)52-38-46(24-26-49(52)66)77-61-44-56-54(70(9,10)34-36-72(56,13)14)42-58(61)76-59-43-55-57(73(15,16)37-35-71(55,11)12)45-62(59)78(47-25-27-50-53(39-47)69(7,8)33-31-67(50,3)4)64-41-48(40-63(77)65(64)76)79-60-23-20-19-22-51(60)74(17)28-21-29-75(74,79)18/h19-20,22-27,38-45H,21,28-37H2,1-18H3. The van der Waals surface area contributed by atoms with Crippen LogP contribution in [0.1, 0.15) is 245 Å². The summed E-state index contributed by atoms with van der Waals surface area (Å²) in [6.45, 7) is 45.5. The molecule has 0 N–H and O–H groups in total. The first kappa shape index (κ1) is 51.9. The molecule has 0 bridgehead atoms. The van der Waals surface area contributed by atoms with E-state index >= 15 is 0 Å². The highest BCUT2D eigenvalue weighted by Crippen LogP contribution is 2.64. The Kier molecular flexibility index (Phi) is 10.4. The highest BCUT2D eigenvalue weighted by molar-refractivity contribution is 7.00. The number of fused-ring (bicyclic) bond motifs is 11. The molecule has 8 aliphatic rings. The smallest absolute Gasteiger partial charge is 0.252 e. The number of hydrogen-bond acceptors (Lipinski definition) is 3. The molecule has 2 unspecified atom stereocenters. The molecule has 4 heteroatoms. The molecular formula is C75H92BN3. The maximum absolute atomic E-state index is 2.86. The van der Waals surface area contributed by atoms with E-state index in [1.807, 2.05) is 0 Å². The molecule has 0 amide bonds. The Bertz CT molecular complexity index is 3440. The van der Waals surface area contributed by atoms with E-state index in [-0.39, 0.29) is 61.0 Å². The van der Waals surface area contributed by atoms with Crippen LogP contribution >= 0.6 is 0 Å². The van der Waals surface area contributed by atoms with Gasteiger partial charge in [-0.25, -0.2) is 0 Å². The molecule has 79 heavy (non-hydrogen) atoms. The Labute approximate surface area is 477 Å². The average molecular weight is 1050 g/mol. The second kappa shape index (κ2) is 15.9. The molecule has 0 radical (unpaired) electrons. The minimum absolute atomic E-state index is 0.0213. The fourth-order valence-electron chi connectivity index (χ4n) is 18.2. The van der Waals surface area contributed by atoms with Crippen LogP contribution in [0.2, 0.25) is 0 Å². The maximum Gasteiger partial charge on any atom is 0.252 e. The Hall–Kier alpha value is -5.22. The third kappa shape index (κ3) is 6.97. The van der Waals surface area contributed by atoms with Gasteiger partial charge in [-0.15, -0.1) is 0 Å². The van der Waals surface area contributed by atoms with E-state index < -0.39 is 0 Å². The van der Waals surface area contributed by atoms with Crippen molar-refractivity contribution < 1.29 is 0 Å². The van der Waals surface area contributed by atoms with Crippen LogP contribution in [-0.4, -0.2) is 12.3 Å². The second-order valence-corrected chi connectivity index (χ2v) is 32.8. The van der Waals surface area contributed by atoms with Gasteiger partial charge in [0, 0.05) is 50.9 Å². The summed E-state index contributed by atoms with van der Waals surface area (Å²) >= 11 is 0. The molecule has 3 aliphatic heterocycles.